The van der Waals surface area contributed by atoms with E-state index in [1.165, 1.54) is 16.7 Å². The molecule has 2 atom stereocenters. The van der Waals surface area contributed by atoms with Crippen LogP contribution in [0.1, 0.15) is 40.7 Å². The number of hydrogen-bond donors (Lipinski definition) is 1. The maximum atomic E-state index is 10.7. The largest absolute Gasteiger partial charge is 0.388 e. The highest BCUT2D eigenvalue weighted by molar-refractivity contribution is 5.44. The van der Waals surface area contributed by atoms with Gasteiger partial charge in [-0.15, -0.1) is 12.3 Å². The number of aliphatic hydroxyl groups is 1. The van der Waals surface area contributed by atoms with Crippen LogP contribution in [0, 0.1) is 12.3 Å². The third kappa shape index (κ3) is 2.05. The summed E-state index contributed by atoms with van der Waals surface area (Å²) in [4.78, 5) is 0. The molecule has 3 rings (SSSR count). The van der Waals surface area contributed by atoms with Gasteiger partial charge >= 0.3 is 0 Å². The average Bonchev–Trinajstić information content (AvgIpc) is 2.56. The van der Waals surface area contributed by atoms with Crippen molar-refractivity contribution in [3.8, 4) is 12.3 Å². The molecule has 0 fully saturated rings. The zero-order chi connectivity index (χ0) is 13.2. The molecule has 0 radical (unpaired) electrons. The number of hydrogen-bond acceptors (Lipinski definition) is 1. The molecule has 1 aliphatic rings. The Morgan fingerprint density at radius 3 is 2.26 bits per heavy atom. The summed E-state index contributed by atoms with van der Waals surface area (Å²) in [5, 5.41) is 10.7. The number of aliphatic hydroxyl groups excluding tert-OH is 1. The van der Waals surface area contributed by atoms with Crippen LogP contribution in [0.5, 0.6) is 0 Å². The molecule has 0 bridgehead atoms. The van der Waals surface area contributed by atoms with Crippen LogP contribution in [0.3, 0.4) is 0 Å². The highest BCUT2D eigenvalue weighted by atomic mass is 16.3. The molecule has 0 amide bonds. The summed E-state index contributed by atoms with van der Waals surface area (Å²) >= 11 is 0. The third-order valence-corrected chi connectivity index (χ3v) is 3.93. The predicted molar refractivity (Wildman–Crippen MR) is 76.8 cm³/mol. The van der Waals surface area contributed by atoms with Crippen molar-refractivity contribution in [2.24, 2.45) is 0 Å². The lowest BCUT2D eigenvalue weighted by Crippen LogP contribution is -2.10. The Labute approximate surface area is 113 Å². The first-order valence-electron chi connectivity index (χ1n) is 6.58. The van der Waals surface area contributed by atoms with Crippen molar-refractivity contribution < 1.29 is 5.11 Å². The van der Waals surface area contributed by atoms with Gasteiger partial charge in [0, 0.05) is 12.3 Å². The van der Waals surface area contributed by atoms with Crippen molar-refractivity contribution >= 4 is 0 Å². The molecule has 2 aromatic rings. The Morgan fingerprint density at radius 1 is 1.00 bits per heavy atom. The van der Waals surface area contributed by atoms with Gasteiger partial charge in [-0.05, 0) is 28.7 Å². The van der Waals surface area contributed by atoms with Gasteiger partial charge in [0.2, 0.25) is 0 Å². The van der Waals surface area contributed by atoms with E-state index in [0.717, 1.165) is 12.0 Å². The van der Waals surface area contributed by atoms with Crippen molar-refractivity contribution in [2.45, 2.75) is 24.9 Å². The van der Waals surface area contributed by atoms with E-state index in [4.69, 9.17) is 6.42 Å². The van der Waals surface area contributed by atoms with Crippen molar-refractivity contribution in [3.05, 3.63) is 70.8 Å². The Kier molecular flexibility index (Phi) is 3.11. The van der Waals surface area contributed by atoms with Gasteiger partial charge < -0.3 is 5.11 Å². The van der Waals surface area contributed by atoms with Gasteiger partial charge in [-0.25, -0.2) is 0 Å². The summed E-state index contributed by atoms with van der Waals surface area (Å²) < 4.78 is 0. The van der Waals surface area contributed by atoms with Crippen LogP contribution in [0.25, 0.3) is 0 Å². The van der Waals surface area contributed by atoms with E-state index < -0.39 is 6.10 Å². The number of rotatable bonds is 1. The smallest absolute Gasteiger partial charge is 0.0870 e. The highest BCUT2D eigenvalue weighted by Gasteiger charge is 2.28. The second kappa shape index (κ2) is 4.91. The maximum absolute atomic E-state index is 10.7. The lowest BCUT2D eigenvalue weighted by atomic mass is 9.87. The summed E-state index contributed by atoms with van der Waals surface area (Å²) in [6.45, 7) is 0. The summed E-state index contributed by atoms with van der Waals surface area (Å²) in [6, 6.07) is 16.4. The molecule has 0 unspecified atom stereocenters. The molecule has 19 heavy (non-hydrogen) atoms. The van der Waals surface area contributed by atoms with Crippen molar-refractivity contribution in [3.63, 3.8) is 0 Å². The first kappa shape index (κ1) is 12.0. The quantitative estimate of drug-likeness (QED) is 0.767. The topological polar surface area (TPSA) is 20.2 Å². The van der Waals surface area contributed by atoms with Gasteiger partial charge in [-0.1, -0.05) is 48.5 Å². The Hall–Kier alpha value is -2.04. The first-order chi connectivity index (χ1) is 9.31. The summed E-state index contributed by atoms with van der Waals surface area (Å²) in [6.07, 6.45) is 6.40. The Balaban J connectivity index is 2.19. The van der Waals surface area contributed by atoms with Gasteiger partial charge in [0.1, 0.15) is 0 Å². The molecule has 94 valence electrons. The third-order valence-electron chi connectivity index (χ3n) is 3.93. The minimum absolute atomic E-state index is 0.00940. The molecule has 0 aromatic heterocycles. The highest BCUT2D eigenvalue weighted by Crippen LogP contribution is 2.40. The number of benzene rings is 2. The van der Waals surface area contributed by atoms with Gasteiger partial charge in [0.15, 0.2) is 0 Å². The van der Waals surface area contributed by atoms with Crippen LogP contribution in [0.2, 0.25) is 0 Å². The standard InChI is InChI=1S/C18H16O/c1-2-7-17-15-10-5-3-8-13(15)12-14-9-4-6-11-16(14)18(17)19/h1,3-6,8-11,17-19H,7,12H2/t17-,18-/m1/s1. The van der Waals surface area contributed by atoms with Crippen molar-refractivity contribution in [1.82, 2.24) is 0 Å². The van der Waals surface area contributed by atoms with Gasteiger partial charge in [-0.3, -0.25) is 0 Å². The van der Waals surface area contributed by atoms with E-state index in [0.29, 0.717) is 6.42 Å². The van der Waals surface area contributed by atoms with E-state index in [2.05, 4.69) is 24.1 Å². The minimum atomic E-state index is -0.518. The van der Waals surface area contributed by atoms with E-state index in [1.807, 2.05) is 30.3 Å². The molecule has 0 spiro atoms. The second-order valence-corrected chi connectivity index (χ2v) is 5.03. The zero-order valence-corrected chi connectivity index (χ0v) is 10.7. The number of terminal acetylenes is 1. The fourth-order valence-electron chi connectivity index (χ4n) is 2.98. The lowest BCUT2D eigenvalue weighted by Gasteiger charge is -2.21. The van der Waals surface area contributed by atoms with E-state index in [9.17, 15) is 5.11 Å². The summed E-state index contributed by atoms with van der Waals surface area (Å²) in [7, 11) is 0. The SMILES string of the molecule is C#CC[C@@H]1c2ccccc2Cc2ccccc2[C@H]1O. The summed E-state index contributed by atoms with van der Waals surface area (Å²) in [5.74, 6) is 2.70. The molecule has 0 aliphatic heterocycles. The molecule has 0 saturated heterocycles. The number of fused-ring (bicyclic) bond motifs is 2. The van der Waals surface area contributed by atoms with E-state index in [1.54, 1.807) is 0 Å². The first-order valence-corrected chi connectivity index (χ1v) is 6.58. The van der Waals surface area contributed by atoms with Crippen LogP contribution >= 0.6 is 0 Å². The molecule has 1 nitrogen and oxygen atoms in total. The fraction of sp³-hybridized carbons (Fsp3) is 0.222. The van der Waals surface area contributed by atoms with E-state index in [-0.39, 0.29) is 5.92 Å². The Bertz CT molecular complexity index is 636. The minimum Gasteiger partial charge on any atom is -0.388 e. The van der Waals surface area contributed by atoms with Crippen LogP contribution in [-0.2, 0) is 6.42 Å². The van der Waals surface area contributed by atoms with Gasteiger partial charge in [0.05, 0.1) is 6.10 Å². The average molecular weight is 248 g/mol. The lowest BCUT2D eigenvalue weighted by molar-refractivity contribution is 0.146. The molecule has 0 saturated carbocycles. The molecule has 2 aromatic carbocycles. The van der Waals surface area contributed by atoms with Crippen LogP contribution in [-0.4, -0.2) is 5.11 Å². The fourth-order valence-corrected chi connectivity index (χ4v) is 2.98. The molecule has 1 N–H and O–H groups in total. The zero-order valence-electron chi connectivity index (χ0n) is 10.7. The normalized spacial score (nSPS) is 20.8. The summed E-state index contributed by atoms with van der Waals surface area (Å²) in [5.41, 5.74) is 4.66. The van der Waals surface area contributed by atoms with Crippen LogP contribution in [0.15, 0.2) is 48.5 Å². The molecule has 1 aliphatic carbocycles. The molecule has 0 heterocycles. The van der Waals surface area contributed by atoms with Crippen LogP contribution < -0.4 is 0 Å². The van der Waals surface area contributed by atoms with E-state index >= 15 is 0 Å². The van der Waals surface area contributed by atoms with Crippen molar-refractivity contribution in [1.29, 1.82) is 0 Å². The monoisotopic (exact) mass is 248 g/mol. The maximum Gasteiger partial charge on any atom is 0.0870 e. The van der Waals surface area contributed by atoms with Gasteiger partial charge in [-0.2, -0.15) is 0 Å². The Morgan fingerprint density at radius 2 is 1.58 bits per heavy atom. The van der Waals surface area contributed by atoms with Gasteiger partial charge in [0.25, 0.3) is 0 Å². The predicted octanol–water partition coefficient (Wildman–Crippen LogP) is 3.43. The second-order valence-electron chi connectivity index (χ2n) is 5.03. The van der Waals surface area contributed by atoms with Crippen molar-refractivity contribution in [2.75, 3.05) is 0 Å². The molecular formula is C18H16O. The van der Waals surface area contributed by atoms with Crippen LogP contribution in [0.4, 0.5) is 0 Å². The molecular weight excluding hydrogens is 232 g/mol. The molecule has 1 heteroatoms.